The molecule has 0 fully saturated rings. The fourth-order valence-electron chi connectivity index (χ4n) is 1.87. The first kappa shape index (κ1) is 16.5. The molecule has 0 aliphatic carbocycles. The highest BCUT2D eigenvalue weighted by molar-refractivity contribution is 7.99. The van der Waals surface area contributed by atoms with Crippen molar-refractivity contribution in [2.45, 2.75) is 31.5 Å². The molecular formula is C15H19FN4OS. The van der Waals surface area contributed by atoms with Gasteiger partial charge in [0.1, 0.15) is 12.1 Å². The topological polar surface area (TPSA) is 59.8 Å². The van der Waals surface area contributed by atoms with Crippen LogP contribution in [0.3, 0.4) is 0 Å². The zero-order valence-corrected chi connectivity index (χ0v) is 13.4. The van der Waals surface area contributed by atoms with E-state index in [0.29, 0.717) is 18.7 Å². The molecule has 1 heterocycles. The van der Waals surface area contributed by atoms with E-state index < -0.39 is 0 Å². The Kier molecular flexibility index (Phi) is 5.94. The van der Waals surface area contributed by atoms with Crippen LogP contribution in [-0.2, 0) is 11.2 Å². The van der Waals surface area contributed by atoms with Crippen molar-refractivity contribution in [1.82, 2.24) is 20.1 Å². The first-order valence-corrected chi connectivity index (χ1v) is 8.08. The molecule has 0 saturated heterocycles. The van der Waals surface area contributed by atoms with Crippen LogP contribution in [-0.4, -0.2) is 33.0 Å². The Balaban J connectivity index is 1.72. The number of carbonyl (C=O) groups excluding carboxylic acids is 1. The van der Waals surface area contributed by atoms with E-state index >= 15 is 0 Å². The Morgan fingerprint density at radius 1 is 1.36 bits per heavy atom. The van der Waals surface area contributed by atoms with Crippen molar-refractivity contribution in [2.75, 3.05) is 12.3 Å². The van der Waals surface area contributed by atoms with Crippen molar-refractivity contribution in [2.24, 2.45) is 0 Å². The first-order chi connectivity index (χ1) is 10.6. The normalized spacial score (nSPS) is 10.9. The number of rotatable bonds is 7. The smallest absolute Gasteiger partial charge is 0.230 e. The summed E-state index contributed by atoms with van der Waals surface area (Å²) in [5.74, 6) is -0.00155. The van der Waals surface area contributed by atoms with Gasteiger partial charge < -0.3 is 9.88 Å². The number of aromatic nitrogens is 3. The SMILES string of the molecule is CC(C)n1cnnc1SCC(=O)NCCc1ccc(F)cc1. The molecule has 0 radical (unpaired) electrons. The third-order valence-corrected chi connectivity index (χ3v) is 4.04. The fourth-order valence-corrected chi connectivity index (χ4v) is 2.74. The third-order valence-electron chi connectivity index (χ3n) is 3.08. The van der Waals surface area contributed by atoms with E-state index in [2.05, 4.69) is 15.5 Å². The summed E-state index contributed by atoms with van der Waals surface area (Å²) in [6, 6.07) is 6.55. The van der Waals surface area contributed by atoms with Gasteiger partial charge in [-0.15, -0.1) is 10.2 Å². The van der Waals surface area contributed by atoms with Gasteiger partial charge in [0.05, 0.1) is 5.75 Å². The number of hydrogen-bond acceptors (Lipinski definition) is 4. The van der Waals surface area contributed by atoms with Gasteiger partial charge in [0.25, 0.3) is 0 Å². The molecule has 0 aliphatic rings. The van der Waals surface area contributed by atoms with Crippen LogP contribution < -0.4 is 5.32 Å². The molecule has 5 nitrogen and oxygen atoms in total. The van der Waals surface area contributed by atoms with Crippen LogP contribution in [0.15, 0.2) is 35.7 Å². The van der Waals surface area contributed by atoms with Gasteiger partial charge >= 0.3 is 0 Å². The van der Waals surface area contributed by atoms with Crippen LogP contribution in [0.4, 0.5) is 4.39 Å². The molecular weight excluding hydrogens is 303 g/mol. The largest absolute Gasteiger partial charge is 0.355 e. The number of thioether (sulfide) groups is 1. The molecule has 0 unspecified atom stereocenters. The minimum absolute atomic E-state index is 0.0505. The van der Waals surface area contributed by atoms with E-state index in [9.17, 15) is 9.18 Å². The van der Waals surface area contributed by atoms with Crippen molar-refractivity contribution < 1.29 is 9.18 Å². The van der Waals surface area contributed by atoms with E-state index in [1.54, 1.807) is 18.5 Å². The average molecular weight is 322 g/mol. The summed E-state index contributed by atoms with van der Waals surface area (Å²) in [5, 5.41) is 11.5. The second kappa shape index (κ2) is 7.93. The maximum absolute atomic E-state index is 12.8. The predicted molar refractivity (Wildman–Crippen MR) is 84.2 cm³/mol. The number of amides is 1. The van der Waals surface area contributed by atoms with Gasteiger partial charge in [-0.3, -0.25) is 4.79 Å². The zero-order chi connectivity index (χ0) is 15.9. The van der Waals surface area contributed by atoms with E-state index in [4.69, 9.17) is 0 Å². The average Bonchev–Trinajstić information content (AvgIpc) is 2.96. The van der Waals surface area contributed by atoms with E-state index in [1.807, 2.05) is 18.4 Å². The van der Waals surface area contributed by atoms with Crippen LogP contribution in [0.1, 0.15) is 25.5 Å². The second-order valence-electron chi connectivity index (χ2n) is 5.13. The van der Waals surface area contributed by atoms with E-state index in [0.717, 1.165) is 10.7 Å². The number of carbonyl (C=O) groups is 1. The molecule has 0 atom stereocenters. The Hall–Kier alpha value is -1.89. The quantitative estimate of drug-likeness (QED) is 0.796. The second-order valence-corrected chi connectivity index (χ2v) is 6.07. The lowest BCUT2D eigenvalue weighted by atomic mass is 10.1. The molecule has 118 valence electrons. The van der Waals surface area contributed by atoms with Crippen LogP contribution in [0.5, 0.6) is 0 Å². The summed E-state index contributed by atoms with van der Waals surface area (Å²) in [4.78, 5) is 11.8. The molecule has 22 heavy (non-hydrogen) atoms. The first-order valence-electron chi connectivity index (χ1n) is 7.09. The van der Waals surface area contributed by atoms with Crippen molar-refractivity contribution in [3.05, 3.63) is 42.0 Å². The van der Waals surface area contributed by atoms with Crippen LogP contribution in [0, 0.1) is 5.82 Å². The van der Waals surface area contributed by atoms with Gasteiger partial charge in [0.2, 0.25) is 5.91 Å². The molecule has 1 aromatic heterocycles. The summed E-state index contributed by atoms with van der Waals surface area (Å²) >= 11 is 1.37. The predicted octanol–water partition coefficient (Wildman–Crippen LogP) is 2.45. The van der Waals surface area contributed by atoms with Gasteiger partial charge in [0.15, 0.2) is 5.16 Å². The Morgan fingerprint density at radius 3 is 2.77 bits per heavy atom. The van der Waals surface area contributed by atoms with Crippen LogP contribution in [0.2, 0.25) is 0 Å². The molecule has 1 N–H and O–H groups in total. The third kappa shape index (κ3) is 4.84. The molecule has 1 aromatic carbocycles. The number of benzene rings is 1. The Bertz CT molecular complexity index is 612. The maximum Gasteiger partial charge on any atom is 0.230 e. The van der Waals surface area contributed by atoms with Crippen molar-refractivity contribution in [3.8, 4) is 0 Å². The highest BCUT2D eigenvalue weighted by Gasteiger charge is 2.10. The maximum atomic E-state index is 12.8. The monoisotopic (exact) mass is 322 g/mol. The van der Waals surface area contributed by atoms with E-state index in [-0.39, 0.29) is 17.8 Å². The highest BCUT2D eigenvalue weighted by Crippen LogP contribution is 2.18. The lowest BCUT2D eigenvalue weighted by Gasteiger charge is -2.09. The molecule has 0 saturated carbocycles. The Labute approximate surface area is 133 Å². The summed E-state index contributed by atoms with van der Waals surface area (Å²) in [7, 11) is 0. The molecule has 1 amide bonds. The fraction of sp³-hybridized carbons (Fsp3) is 0.400. The molecule has 2 rings (SSSR count). The van der Waals surface area contributed by atoms with Gasteiger partial charge in [-0.1, -0.05) is 23.9 Å². The van der Waals surface area contributed by atoms with Crippen molar-refractivity contribution in [1.29, 1.82) is 0 Å². The highest BCUT2D eigenvalue weighted by atomic mass is 32.2. The summed E-state index contributed by atoms with van der Waals surface area (Å²) in [6.45, 7) is 4.61. The zero-order valence-electron chi connectivity index (χ0n) is 12.6. The standard InChI is InChI=1S/C15H19FN4OS/c1-11(2)20-10-18-19-15(20)22-9-14(21)17-8-7-12-3-5-13(16)6-4-12/h3-6,10-11H,7-9H2,1-2H3,(H,17,21). The molecule has 7 heteroatoms. The minimum atomic E-state index is -0.251. The van der Waals surface area contributed by atoms with Crippen molar-refractivity contribution >= 4 is 17.7 Å². The summed E-state index contributed by atoms with van der Waals surface area (Å²) in [6.07, 6.45) is 2.35. The number of hydrogen-bond donors (Lipinski definition) is 1. The van der Waals surface area contributed by atoms with Gasteiger partial charge in [0, 0.05) is 12.6 Å². The van der Waals surface area contributed by atoms with Gasteiger partial charge in [-0.05, 0) is 38.0 Å². The van der Waals surface area contributed by atoms with Gasteiger partial charge in [-0.25, -0.2) is 4.39 Å². The lowest BCUT2D eigenvalue weighted by Crippen LogP contribution is -2.27. The number of halogens is 1. The summed E-state index contributed by atoms with van der Waals surface area (Å²) in [5.41, 5.74) is 0.994. The molecule has 0 aliphatic heterocycles. The molecule has 0 bridgehead atoms. The number of nitrogens with one attached hydrogen (secondary N) is 1. The minimum Gasteiger partial charge on any atom is -0.355 e. The molecule has 0 spiro atoms. The number of nitrogens with zero attached hydrogens (tertiary/aromatic N) is 3. The molecule has 2 aromatic rings. The van der Waals surface area contributed by atoms with Crippen LogP contribution in [0.25, 0.3) is 0 Å². The lowest BCUT2D eigenvalue weighted by molar-refractivity contribution is -0.118. The van der Waals surface area contributed by atoms with Crippen LogP contribution >= 0.6 is 11.8 Å². The van der Waals surface area contributed by atoms with E-state index in [1.165, 1.54) is 23.9 Å². The van der Waals surface area contributed by atoms with Crippen molar-refractivity contribution in [3.63, 3.8) is 0 Å². The Morgan fingerprint density at radius 2 is 2.09 bits per heavy atom. The summed E-state index contributed by atoms with van der Waals surface area (Å²) < 4.78 is 14.7. The van der Waals surface area contributed by atoms with Gasteiger partial charge in [-0.2, -0.15) is 0 Å².